The van der Waals surface area contributed by atoms with Crippen LogP contribution in [0.4, 0.5) is 0 Å². The first-order valence-electron chi connectivity index (χ1n) is 8.81. The van der Waals surface area contributed by atoms with E-state index in [1.807, 2.05) is 12.1 Å². The zero-order valence-corrected chi connectivity index (χ0v) is 15.2. The Kier molecular flexibility index (Phi) is 6.05. The second-order valence-corrected chi connectivity index (χ2v) is 7.17. The molecule has 132 valence electrons. The summed E-state index contributed by atoms with van der Waals surface area (Å²) in [5.74, 6) is 0.709. The van der Waals surface area contributed by atoms with Crippen molar-refractivity contribution in [3.8, 4) is 0 Å². The molecule has 1 unspecified atom stereocenters. The Morgan fingerprint density at radius 3 is 2.48 bits per heavy atom. The molecule has 1 aromatic heterocycles. The molecule has 2 heterocycles. The van der Waals surface area contributed by atoms with Gasteiger partial charge in [-0.15, -0.1) is 0 Å². The van der Waals surface area contributed by atoms with E-state index in [1.54, 1.807) is 24.5 Å². The lowest BCUT2D eigenvalue weighted by Crippen LogP contribution is -2.42. The molecule has 1 atom stereocenters. The lowest BCUT2D eigenvalue weighted by atomic mass is 9.95. The minimum Gasteiger partial charge on any atom is -0.350 e. The molecule has 1 aliphatic rings. The first-order chi connectivity index (χ1) is 12.1. The number of hydrogen-bond donors (Lipinski definition) is 1. The minimum atomic E-state index is -0.0632. The van der Waals surface area contributed by atoms with Crippen molar-refractivity contribution in [1.82, 2.24) is 15.2 Å². The van der Waals surface area contributed by atoms with Gasteiger partial charge in [0, 0.05) is 29.5 Å². The van der Waals surface area contributed by atoms with Crippen LogP contribution in [0.2, 0.25) is 5.02 Å². The van der Waals surface area contributed by atoms with Crippen molar-refractivity contribution >= 4 is 17.5 Å². The molecule has 1 N–H and O–H groups in total. The largest absolute Gasteiger partial charge is 0.350 e. The summed E-state index contributed by atoms with van der Waals surface area (Å²) in [7, 11) is 0. The van der Waals surface area contributed by atoms with Crippen LogP contribution in [0.1, 0.15) is 41.7 Å². The van der Waals surface area contributed by atoms with Crippen molar-refractivity contribution < 1.29 is 4.79 Å². The van der Waals surface area contributed by atoms with Crippen LogP contribution in [0, 0.1) is 5.92 Å². The van der Waals surface area contributed by atoms with Gasteiger partial charge in [-0.05, 0) is 61.7 Å². The first kappa shape index (κ1) is 17.9. The number of aromatic nitrogens is 1. The zero-order chi connectivity index (χ0) is 17.6. The molecule has 3 rings (SSSR count). The summed E-state index contributed by atoms with van der Waals surface area (Å²) in [6.07, 6.45) is 5.67. The lowest BCUT2D eigenvalue weighted by Gasteiger charge is -2.37. The maximum absolute atomic E-state index is 12.4. The molecule has 0 saturated carbocycles. The van der Waals surface area contributed by atoms with Gasteiger partial charge in [-0.1, -0.05) is 30.7 Å². The Morgan fingerprint density at radius 2 is 1.84 bits per heavy atom. The number of carbonyl (C=O) groups is 1. The van der Waals surface area contributed by atoms with E-state index in [9.17, 15) is 4.79 Å². The van der Waals surface area contributed by atoms with Crippen molar-refractivity contribution in [3.05, 3.63) is 64.9 Å². The van der Waals surface area contributed by atoms with Crippen molar-refractivity contribution in [2.24, 2.45) is 5.92 Å². The van der Waals surface area contributed by atoms with Gasteiger partial charge in [-0.2, -0.15) is 0 Å². The number of amides is 1. The number of piperidine rings is 1. The summed E-state index contributed by atoms with van der Waals surface area (Å²) in [6.45, 7) is 5.00. The summed E-state index contributed by atoms with van der Waals surface area (Å²) in [6, 6.07) is 11.6. The summed E-state index contributed by atoms with van der Waals surface area (Å²) in [5.41, 5.74) is 1.83. The average Bonchev–Trinajstić information content (AvgIpc) is 2.65. The van der Waals surface area contributed by atoms with Gasteiger partial charge in [0.05, 0.1) is 6.04 Å². The van der Waals surface area contributed by atoms with Crippen molar-refractivity contribution in [1.29, 1.82) is 0 Å². The number of nitrogens with zero attached hydrogens (tertiary/aromatic N) is 2. The molecule has 1 aromatic carbocycles. The smallest absolute Gasteiger partial charge is 0.251 e. The fourth-order valence-corrected chi connectivity index (χ4v) is 3.40. The van der Waals surface area contributed by atoms with Crippen LogP contribution in [0.25, 0.3) is 0 Å². The van der Waals surface area contributed by atoms with E-state index in [4.69, 9.17) is 11.6 Å². The van der Waals surface area contributed by atoms with E-state index >= 15 is 0 Å². The van der Waals surface area contributed by atoms with Gasteiger partial charge < -0.3 is 5.32 Å². The molecule has 1 saturated heterocycles. The van der Waals surface area contributed by atoms with E-state index in [-0.39, 0.29) is 11.9 Å². The van der Waals surface area contributed by atoms with Gasteiger partial charge in [0.25, 0.3) is 5.91 Å². The summed E-state index contributed by atoms with van der Waals surface area (Å²) in [5, 5.41) is 3.81. The fraction of sp³-hybridized carbons (Fsp3) is 0.400. The van der Waals surface area contributed by atoms with E-state index in [1.165, 1.54) is 18.4 Å². The first-order valence-corrected chi connectivity index (χ1v) is 9.19. The Morgan fingerprint density at radius 1 is 1.20 bits per heavy atom. The molecular weight excluding hydrogens is 334 g/mol. The average molecular weight is 358 g/mol. The minimum absolute atomic E-state index is 0.0632. The molecule has 2 aromatic rings. The number of hydrogen-bond acceptors (Lipinski definition) is 3. The molecule has 5 heteroatoms. The van der Waals surface area contributed by atoms with Gasteiger partial charge in [0.2, 0.25) is 0 Å². The monoisotopic (exact) mass is 357 g/mol. The van der Waals surface area contributed by atoms with Crippen LogP contribution >= 0.6 is 11.6 Å². The summed E-state index contributed by atoms with van der Waals surface area (Å²) >= 11 is 6.04. The highest BCUT2D eigenvalue weighted by Gasteiger charge is 2.25. The molecule has 1 amide bonds. The maximum atomic E-state index is 12.4. The zero-order valence-electron chi connectivity index (χ0n) is 14.5. The second kappa shape index (κ2) is 8.45. The van der Waals surface area contributed by atoms with Gasteiger partial charge in [-0.3, -0.25) is 14.7 Å². The van der Waals surface area contributed by atoms with Crippen LogP contribution in [0.3, 0.4) is 0 Å². The number of nitrogens with one attached hydrogen (secondary N) is 1. The van der Waals surface area contributed by atoms with Crippen LogP contribution in [-0.4, -0.2) is 35.4 Å². The second-order valence-electron chi connectivity index (χ2n) is 6.73. The molecule has 0 radical (unpaired) electrons. The molecule has 1 fully saturated rings. The Bertz CT molecular complexity index is 682. The Hall–Kier alpha value is -1.91. The third-order valence-electron chi connectivity index (χ3n) is 4.91. The highest BCUT2D eigenvalue weighted by molar-refractivity contribution is 6.30. The number of likely N-dealkylation sites (tertiary alicyclic amines) is 1. The van der Waals surface area contributed by atoms with Crippen molar-refractivity contribution in [3.63, 3.8) is 0 Å². The molecule has 1 aliphatic heterocycles. The SMILES string of the molecule is CC1CCN(C(CNC(=O)c2ccncc2)c2ccc(Cl)cc2)CC1. The third kappa shape index (κ3) is 4.80. The molecule has 0 bridgehead atoms. The van der Waals surface area contributed by atoms with Crippen LogP contribution in [-0.2, 0) is 0 Å². The summed E-state index contributed by atoms with van der Waals surface area (Å²) < 4.78 is 0. The van der Waals surface area contributed by atoms with Gasteiger partial charge in [0.1, 0.15) is 0 Å². The molecular formula is C20H24ClN3O. The van der Waals surface area contributed by atoms with Crippen molar-refractivity contribution in [2.45, 2.75) is 25.8 Å². The quantitative estimate of drug-likeness (QED) is 0.881. The van der Waals surface area contributed by atoms with Crippen LogP contribution in [0.15, 0.2) is 48.8 Å². The van der Waals surface area contributed by atoms with E-state index < -0.39 is 0 Å². The van der Waals surface area contributed by atoms with Crippen LogP contribution < -0.4 is 5.32 Å². The number of benzene rings is 1. The van der Waals surface area contributed by atoms with Gasteiger partial charge in [0.15, 0.2) is 0 Å². The number of halogens is 1. The highest BCUT2D eigenvalue weighted by Crippen LogP contribution is 2.27. The van der Waals surface area contributed by atoms with Crippen molar-refractivity contribution in [2.75, 3.05) is 19.6 Å². The van der Waals surface area contributed by atoms with Gasteiger partial charge in [-0.25, -0.2) is 0 Å². The third-order valence-corrected chi connectivity index (χ3v) is 5.16. The fourth-order valence-electron chi connectivity index (χ4n) is 3.28. The number of carbonyl (C=O) groups excluding carboxylic acids is 1. The molecule has 4 nitrogen and oxygen atoms in total. The Balaban J connectivity index is 1.72. The van der Waals surface area contributed by atoms with Gasteiger partial charge >= 0.3 is 0 Å². The normalized spacial score (nSPS) is 17.2. The predicted molar refractivity (Wildman–Crippen MR) is 101 cm³/mol. The Labute approximate surface area is 154 Å². The number of pyridine rings is 1. The topological polar surface area (TPSA) is 45.2 Å². The molecule has 25 heavy (non-hydrogen) atoms. The van der Waals surface area contributed by atoms with E-state index in [0.29, 0.717) is 12.1 Å². The summed E-state index contributed by atoms with van der Waals surface area (Å²) in [4.78, 5) is 18.8. The molecule has 0 aliphatic carbocycles. The highest BCUT2D eigenvalue weighted by atomic mass is 35.5. The standard InChI is InChI=1S/C20H24ClN3O/c1-15-8-12-24(13-9-15)19(16-2-4-18(21)5-3-16)14-23-20(25)17-6-10-22-11-7-17/h2-7,10-11,15,19H,8-9,12-14H2,1H3,(H,23,25). The maximum Gasteiger partial charge on any atom is 0.251 e. The van der Waals surface area contributed by atoms with E-state index in [0.717, 1.165) is 24.0 Å². The van der Waals surface area contributed by atoms with E-state index in [2.05, 4.69) is 34.3 Å². The van der Waals surface area contributed by atoms with Crippen LogP contribution in [0.5, 0.6) is 0 Å². The molecule has 0 spiro atoms. The lowest BCUT2D eigenvalue weighted by molar-refractivity contribution is 0.0913. The predicted octanol–water partition coefficient (Wildman–Crippen LogP) is 3.94. The number of rotatable bonds is 5.